The van der Waals surface area contributed by atoms with E-state index in [1.807, 2.05) is 0 Å². The van der Waals surface area contributed by atoms with Crippen molar-refractivity contribution in [2.24, 2.45) is 5.92 Å². The molecule has 0 fully saturated rings. The van der Waals surface area contributed by atoms with Crippen molar-refractivity contribution in [1.29, 1.82) is 0 Å². The first-order valence-electron chi connectivity index (χ1n) is 4.08. The largest absolute Gasteiger partial charge is 0.465 e. The van der Waals surface area contributed by atoms with Crippen LogP contribution in [-0.2, 0) is 23.9 Å². The average molecular weight is 198 g/mol. The predicted octanol–water partition coefficient (Wildman–Crippen LogP) is 0.195. The molecular weight excluding hydrogens is 188 g/mol. The molecule has 0 N–H and O–H groups in total. The number of carbonyl (C=O) groups is 3. The number of allylic oxidation sites excluding steroid dienone is 1. The third-order valence-electron chi connectivity index (χ3n) is 1.78. The van der Waals surface area contributed by atoms with Crippen LogP contribution in [0, 0.1) is 5.92 Å². The summed E-state index contributed by atoms with van der Waals surface area (Å²) in [7, 11) is 1.14. The molecule has 0 spiro atoms. The van der Waals surface area contributed by atoms with Crippen molar-refractivity contribution >= 4 is 17.7 Å². The Labute approximate surface area is 80.7 Å². The first kappa shape index (κ1) is 10.4. The second-order valence-electron chi connectivity index (χ2n) is 3.10. The lowest BCUT2D eigenvalue weighted by atomic mass is 10.1. The van der Waals surface area contributed by atoms with Gasteiger partial charge in [-0.05, 0) is 0 Å². The zero-order valence-corrected chi connectivity index (χ0v) is 8.12. The highest BCUT2D eigenvalue weighted by Crippen LogP contribution is 2.24. The van der Waals surface area contributed by atoms with Crippen LogP contribution in [0.3, 0.4) is 0 Å². The zero-order chi connectivity index (χ0) is 10.9. The first-order chi connectivity index (χ1) is 6.49. The maximum atomic E-state index is 11.2. The summed E-state index contributed by atoms with van der Waals surface area (Å²) >= 11 is 0. The fraction of sp³-hybridized carbons (Fsp3) is 0.444. The number of cyclic esters (lactones) is 1. The number of carbonyl (C=O) groups excluding carboxylic acids is 3. The molecular formula is C9H10O5. The molecule has 1 rings (SSSR count). The van der Waals surface area contributed by atoms with E-state index in [9.17, 15) is 14.4 Å². The van der Waals surface area contributed by atoms with Gasteiger partial charge < -0.3 is 9.47 Å². The van der Waals surface area contributed by atoms with Crippen molar-refractivity contribution in [3.63, 3.8) is 0 Å². The third kappa shape index (κ3) is 1.53. The zero-order valence-electron chi connectivity index (χ0n) is 8.12. The molecule has 14 heavy (non-hydrogen) atoms. The van der Waals surface area contributed by atoms with Crippen LogP contribution in [0.4, 0.5) is 0 Å². The van der Waals surface area contributed by atoms with E-state index in [4.69, 9.17) is 0 Å². The molecule has 0 saturated carbocycles. The van der Waals surface area contributed by atoms with Gasteiger partial charge in [0.25, 0.3) is 5.78 Å². The molecule has 5 nitrogen and oxygen atoms in total. The van der Waals surface area contributed by atoms with E-state index in [0.29, 0.717) is 0 Å². The van der Waals surface area contributed by atoms with Crippen LogP contribution in [0.25, 0.3) is 0 Å². The summed E-state index contributed by atoms with van der Waals surface area (Å²) in [6.07, 6.45) is 0. The van der Waals surface area contributed by atoms with Crippen LogP contribution in [-0.4, -0.2) is 24.8 Å². The van der Waals surface area contributed by atoms with Crippen LogP contribution in [0.2, 0.25) is 0 Å². The lowest BCUT2D eigenvalue weighted by Crippen LogP contribution is -2.17. The van der Waals surface area contributed by atoms with Crippen molar-refractivity contribution in [2.45, 2.75) is 13.8 Å². The Morgan fingerprint density at radius 3 is 2.36 bits per heavy atom. The molecule has 1 aliphatic heterocycles. The molecule has 76 valence electrons. The van der Waals surface area contributed by atoms with Gasteiger partial charge in [-0.3, -0.25) is 4.79 Å². The molecule has 0 saturated heterocycles. The Morgan fingerprint density at radius 2 is 1.93 bits per heavy atom. The summed E-state index contributed by atoms with van der Waals surface area (Å²) in [5.74, 6) is -2.90. The second-order valence-corrected chi connectivity index (χ2v) is 3.10. The van der Waals surface area contributed by atoms with Gasteiger partial charge in [-0.25, -0.2) is 9.59 Å². The SMILES string of the molecule is COC(=O)C1=C(C(C)C)OC(=O)C1=O. The van der Waals surface area contributed by atoms with Crippen molar-refractivity contribution in [2.75, 3.05) is 7.11 Å². The number of rotatable bonds is 2. The molecule has 0 aliphatic carbocycles. The van der Waals surface area contributed by atoms with Crippen LogP contribution in [0.1, 0.15) is 13.8 Å². The van der Waals surface area contributed by atoms with Gasteiger partial charge in [-0.2, -0.15) is 0 Å². The number of hydrogen-bond donors (Lipinski definition) is 0. The van der Waals surface area contributed by atoms with Gasteiger partial charge in [0.1, 0.15) is 5.76 Å². The lowest BCUT2D eigenvalue weighted by Gasteiger charge is -2.05. The molecule has 0 bridgehead atoms. The highest BCUT2D eigenvalue weighted by Gasteiger charge is 2.39. The van der Waals surface area contributed by atoms with Gasteiger partial charge in [0.05, 0.1) is 7.11 Å². The van der Waals surface area contributed by atoms with Gasteiger partial charge in [-0.1, -0.05) is 13.8 Å². The molecule has 5 heteroatoms. The van der Waals surface area contributed by atoms with Gasteiger partial charge >= 0.3 is 11.9 Å². The number of ketones is 1. The van der Waals surface area contributed by atoms with Crippen molar-refractivity contribution in [3.05, 3.63) is 11.3 Å². The van der Waals surface area contributed by atoms with Crippen LogP contribution in [0.5, 0.6) is 0 Å². The quantitative estimate of drug-likeness (QED) is 0.360. The second kappa shape index (κ2) is 3.61. The Hall–Kier alpha value is -1.65. The molecule has 0 atom stereocenters. The van der Waals surface area contributed by atoms with Crippen LogP contribution >= 0.6 is 0 Å². The van der Waals surface area contributed by atoms with Gasteiger partial charge in [0.2, 0.25) is 0 Å². The Kier molecular flexibility index (Phi) is 2.69. The summed E-state index contributed by atoms with van der Waals surface area (Å²) in [5.41, 5.74) is -0.285. The molecule has 1 aliphatic rings. The van der Waals surface area contributed by atoms with E-state index in [0.717, 1.165) is 7.11 Å². The van der Waals surface area contributed by atoms with Gasteiger partial charge in [-0.15, -0.1) is 0 Å². The topological polar surface area (TPSA) is 69.7 Å². The standard InChI is InChI=1S/C9H10O5/c1-4(2)7-5(8(11)13-3)6(10)9(12)14-7/h4H,1-3H3. The Bertz CT molecular complexity index is 337. The minimum atomic E-state index is -1.02. The number of methoxy groups -OCH3 is 1. The lowest BCUT2D eigenvalue weighted by molar-refractivity contribution is -0.147. The summed E-state index contributed by atoms with van der Waals surface area (Å²) in [6.45, 7) is 3.42. The van der Waals surface area contributed by atoms with Crippen molar-refractivity contribution in [3.8, 4) is 0 Å². The van der Waals surface area contributed by atoms with Gasteiger partial charge in [0, 0.05) is 5.92 Å². The minimum absolute atomic E-state index is 0.0897. The fourth-order valence-electron chi connectivity index (χ4n) is 1.11. The molecule has 0 aromatic heterocycles. The van der Waals surface area contributed by atoms with Crippen molar-refractivity contribution < 1.29 is 23.9 Å². The van der Waals surface area contributed by atoms with Crippen LogP contribution in [0.15, 0.2) is 11.3 Å². The number of Topliss-reactive ketones (excluding diaryl/α,β-unsaturated/α-hetero) is 1. The summed E-state index contributed by atoms with van der Waals surface area (Å²) in [5, 5.41) is 0. The first-order valence-corrected chi connectivity index (χ1v) is 4.08. The monoisotopic (exact) mass is 198 g/mol. The number of hydrogen-bond acceptors (Lipinski definition) is 5. The maximum Gasteiger partial charge on any atom is 0.385 e. The summed E-state index contributed by atoms with van der Waals surface area (Å²) in [4.78, 5) is 33.2. The molecule has 1 heterocycles. The molecule has 0 aromatic rings. The van der Waals surface area contributed by atoms with Gasteiger partial charge in [0.15, 0.2) is 5.57 Å². The van der Waals surface area contributed by atoms with E-state index in [1.165, 1.54) is 0 Å². The maximum absolute atomic E-state index is 11.2. The Morgan fingerprint density at radius 1 is 1.36 bits per heavy atom. The number of ether oxygens (including phenoxy) is 2. The highest BCUT2D eigenvalue weighted by molar-refractivity contribution is 6.48. The van der Waals surface area contributed by atoms with E-state index in [1.54, 1.807) is 13.8 Å². The third-order valence-corrected chi connectivity index (χ3v) is 1.78. The van der Waals surface area contributed by atoms with Crippen molar-refractivity contribution in [1.82, 2.24) is 0 Å². The molecule has 0 amide bonds. The normalized spacial score (nSPS) is 16.3. The predicted molar refractivity (Wildman–Crippen MR) is 45.0 cm³/mol. The smallest absolute Gasteiger partial charge is 0.385 e. The summed E-state index contributed by atoms with van der Waals surface area (Å²) in [6, 6.07) is 0. The van der Waals surface area contributed by atoms with Crippen LogP contribution < -0.4 is 0 Å². The van der Waals surface area contributed by atoms with E-state index < -0.39 is 17.7 Å². The van der Waals surface area contributed by atoms with E-state index >= 15 is 0 Å². The van der Waals surface area contributed by atoms with E-state index in [-0.39, 0.29) is 17.3 Å². The highest BCUT2D eigenvalue weighted by atomic mass is 16.6. The van der Waals surface area contributed by atoms with E-state index in [2.05, 4.69) is 9.47 Å². The molecule has 0 radical (unpaired) electrons. The Balaban J connectivity index is 3.16. The minimum Gasteiger partial charge on any atom is -0.465 e. The summed E-state index contributed by atoms with van der Waals surface area (Å²) < 4.78 is 9.04. The molecule has 0 aromatic carbocycles. The molecule has 0 unspecified atom stereocenters. The fourth-order valence-corrected chi connectivity index (χ4v) is 1.11. The number of esters is 2. The average Bonchev–Trinajstić information content (AvgIpc) is 2.43.